The molecule has 166 valence electrons. The molecule has 0 N–H and O–H groups in total. The largest absolute Gasteiger partial charge is 0.483 e. The van der Waals surface area contributed by atoms with Gasteiger partial charge in [0.15, 0.2) is 6.10 Å². The Hall–Kier alpha value is -3.12. The van der Waals surface area contributed by atoms with E-state index >= 15 is 0 Å². The minimum absolute atomic E-state index is 0.282. The van der Waals surface area contributed by atoms with Crippen molar-refractivity contribution in [2.45, 2.75) is 50.9 Å². The van der Waals surface area contributed by atoms with Crippen LogP contribution in [0.1, 0.15) is 55.1 Å². The number of carbonyl (C=O) groups excluding carboxylic acids is 1. The van der Waals surface area contributed by atoms with Gasteiger partial charge in [0, 0.05) is 11.5 Å². The summed E-state index contributed by atoms with van der Waals surface area (Å²) in [5, 5.41) is 0.821. The zero-order valence-corrected chi connectivity index (χ0v) is 18.4. The summed E-state index contributed by atoms with van der Waals surface area (Å²) >= 11 is 0. The van der Waals surface area contributed by atoms with Crippen LogP contribution in [0.3, 0.4) is 0 Å². The number of benzene rings is 2. The molecule has 0 amide bonds. The average molecular weight is 434 g/mol. The molecule has 1 saturated heterocycles. The molecule has 2 aliphatic heterocycles. The lowest BCUT2D eigenvalue weighted by atomic mass is 9.83. The molecule has 0 saturated carbocycles. The third kappa shape index (κ3) is 3.69. The van der Waals surface area contributed by atoms with Crippen molar-refractivity contribution in [3.05, 3.63) is 76.1 Å². The van der Waals surface area contributed by atoms with Crippen LogP contribution in [0, 0.1) is 0 Å². The van der Waals surface area contributed by atoms with Gasteiger partial charge in [-0.25, -0.2) is 9.59 Å². The van der Waals surface area contributed by atoms with Crippen molar-refractivity contribution in [3.63, 3.8) is 0 Å². The van der Waals surface area contributed by atoms with Crippen LogP contribution in [0.4, 0.5) is 0 Å². The van der Waals surface area contributed by atoms with Gasteiger partial charge >= 0.3 is 11.6 Å². The number of ether oxygens (including phenoxy) is 2. The first-order valence-electron chi connectivity index (χ1n) is 11.2. The lowest BCUT2D eigenvalue weighted by Gasteiger charge is -2.48. The van der Waals surface area contributed by atoms with E-state index in [0.29, 0.717) is 16.9 Å². The van der Waals surface area contributed by atoms with E-state index < -0.39 is 17.3 Å². The van der Waals surface area contributed by atoms with Gasteiger partial charge < -0.3 is 13.9 Å². The van der Waals surface area contributed by atoms with Crippen molar-refractivity contribution in [2.75, 3.05) is 13.1 Å². The average Bonchev–Trinajstić information content (AvgIpc) is 2.80. The Balaban J connectivity index is 1.66. The maximum absolute atomic E-state index is 13.1. The molecular weight excluding hydrogens is 406 g/mol. The third-order valence-corrected chi connectivity index (χ3v) is 6.46. The molecule has 3 aromatic rings. The molecule has 5 rings (SSSR count). The first-order valence-corrected chi connectivity index (χ1v) is 11.2. The number of nitrogens with zero attached hydrogens (tertiary/aromatic N) is 1. The minimum Gasteiger partial charge on any atom is -0.483 e. The Bertz CT molecular complexity index is 1190. The highest BCUT2D eigenvalue weighted by Gasteiger charge is 2.50. The van der Waals surface area contributed by atoms with E-state index in [1.807, 2.05) is 44.2 Å². The number of esters is 1. The molecule has 6 heteroatoms. The molecule has 6 nitrogen and oxygen atoms in total. The number of rotatable bonds is 3. The van der Waals surface area contributed by atoms with Crippen molar-refractivity contribution < 1.29 is 18.7 Å². The van der Waals surface area contributed by atoms with Crippen LogP contribution in [0.2, 0.25) is 0 Å². The number of likely N-dealkylation sites (tertiary alicyclic amines) is 1. The molecule has 0 aliphatic carbocycles. The first kappa shape index (κ1) is 20.8. The summed E-state index contributed by atoms with van der Waals surface area (Å²) in [6, 6.07) is 15.7. The molecule has 2 unspecified atom stereocenters. The summed E-state index contributed by atoms with van der Waals surface area (Å²) in [5.74, 6) is 0.277. The smallest absolute Gasteiger partial charge is 0.338 e. The lowest BCUT2D eigenvalue weighted by Crippen LogP contribution is -2.56. The topological polar surface area (TPSA) is 69.0 Å². The fraction of sp³-hybridized carbons (Fsp3) is 0.385. The van der Waals surface area contributed by atoms with E-state index in [0.717, 1.165) is 36.9 Å². The van der Waals surface area contributed by atoms with Gasteiger partial charge in [0.05, 0.1) is 17.2 Å². The molecule has 0 radical (unpaired) electrons. The highest BCUT2D eigenvalue weighted by Crippen LogP contribution is 2.48. The molecule has 2 aliphatic rings. The van der Waals surface area contributed by atoms with Gasteiger partial charge in [-0.15, -0.1) is 0 Å². The van der Waals surface area contributed by atoms with Crippen molar-refractivity contribution in [3.8, 4) is 5.75 Å². The Morgan fingerprint density at radius 3 is 2.47 bits per heavy atom. The molecule has 1 aromatic heterocycles. The van der Waals surface area contributed by atoms with Gasteiger partial charge in [-0.2, -0.15) is 0 Å². The van der Waals surface area contributed by atoms with Gasteiger partial charge in [0.2, 0.25) is 0 Å². The Labute approximate surface area is 186 Å². The Morgan fingerprint density at radius 1 is 1.00 bits per heavy atom. The minimum atomic E-state index is -0.775. The van der Waals surface area contributed by atoms with Crippen molar-refractivity contribution in [2.24, 2.45) is 0 Å². The maximum atomic E-state index is 13.1. The van der Waals surface area contributed by atoms with Crippen LogP contribution >= 0.6 is 0 Å². The number of hydrogen-bond donors (Lipinski definition) is 0. The fourth-order valence-electron chi connectivity index (χ4n) is 4.91. The summed E-state index contributed by atoms with van der Waals surface area (Å²) < 4.78 is 18.2. The predicted molar refractivity (Wildman–Crippen MR) is 121 cm³/mol. The van der Waals surface area contributed by atoms with Crippen LogP contribution < -0.4 is 10.4 Å². The number of fused-ring (bicyclic) bond motifs is 3. The van der Waals surface area contributed by atoms with Crippen LogP contribution in [0.15, 0.2) is 63.8 Å². The molecule has 2 aromatic carbocycles. The normalized spacial score (nSPS) is 22.7. The molecule has 0 spiro atoms. The summed E-state index contributed by atoms with van der Waals surface area (Å²) in [6.45, 7) is 5.66. The first-order chi connectivity index (χ1) is 15.4. The molecule has 0 bridgehead atoms. The highest BCUT2D eigenvalue weighted by molar-refractivity contribution is 5.89. The molecule has 2 atom stereocenters. The highest BCUT2D eigenvalue weighted by atomic mass is 16.6. The van der Waals surface area contributed by atoms with Crippen molar-refractivity contribution in [1.82, 2.24) is 4.90 Å². The monoisotopic (exact) mass is 433 g/mol. The summed E-state index contributed by atoms with van der Waals surface area (Å²) in [5.41, 5.74) is 0.596. The van der Waals surface area contributed by atoms with E-state index in [9.17, 15) is 9.59 Å². The zero-order chi connectivity index (χ0) is 22.3. The van der Waals surface area contributed by atoms with E-state index in [1.54, 1.807) is 18.2 Å². The SMILES string of the molecule is CC1(C)Oc2ccc3ccc(=O)oc3c2C(N2CCCCC2)C1OC(=O)c1ccccc1. The standard InChI is InChI=1S/C26H27NO5/c1-26(2)24(31-25(29)18-9-5-3-6-10-18)22(27-15-7-4-8-16-27)21-19(32-26)13-11-17-12-14-20(28)30-23(17)21/h3,5-6,9-14,22,24H,4,7-8,15-16H2,1-2H3. The van der Waals surface area contributed by atoms with Gasteiger partial charge in [0.1, 0.15) is 16.9 Å². The fourth-order valence-corrected chi connectivity index (χ4v) is 4.91. The van der Waals surface area contributed by atoms with Crippen molar-refractivity contribution >= 4 is 16.9 Å². The second-order valence-electron chi connectivity index (χ2n) is 9.09. The van der Waals surface area contributed by atoms with Crippen LogP contribution in [-0.4, -0.2) is 35.7 Å². The van der Waals surface area contributed by atoms with Crippen LogP contribution in [0.5, 0.6) is 5.75 Å². The second kappa shape index (κ2) is 8.10. The molecular formula is C26H27NO5. The Morgan fingerprint density at radius 2 is 1.72 bits per heavy atom. The number of carbonyl (C=O) groups is 1. The van der Waals surface area contributed by atoms with Gasteiger partial charge in [-0.3, -0.25) is 4.90 Å². The summed E-state index contributed by atoms with van der Waals surface area (Å²) in [4.78, 5) is 27.6. The lowest BCUT2D eigenvalue weighted by molar-refractivity contribution is -0.105. The maximum Gasteiger partial charge on any atom is 0.338 e. The quantitative estimate of drug-likeness (QED) is 0.440. The van der Waals surface area contributed by atoms with Gasteiger partial charge in [0.25, 0.3) is 0 Å². The predicted octanol–water partition coefficient (Wildman–Crippen LogP) is 4.72. The second-order valence-corrected chi connectivity index (χ2v) is 9.09. The van der Waals surface area contributed by atoms with Crippen LogP contribution in [-0.2, 0) is 4.74 Å². The van der Waals surface area contributed by atoms with E-state index in [2.05, 4.69) is 4.90 Å². The molecule has 3 heterocycles. The summed E-state index contributed by atoms with van der Waals surface area (Å²) in [7, 11) is 0. The molecule has 32 heavy (non-hydrogen) atoms. The van der Waals surface area contributed by atoms with E-state index in [1.165, 1.54) is 12.5 Å². The van der Waals surface area contributed by atoms with E-state index in [-0.39, 0.29) is 12.0 Å². The van der Waals surface area contributed by atoms with E-state index in [4.69, 9.17) is 13.9 Å². The molecule has 1 fully saturated rings. The van der Waals surface area contributed by atoms with Gasteiger partial charge in [-0.1, -0.05) is 24.6 Å². The van der Waals surface area contributed by atoms with Gasteiger partial charge in [-0.05, 0) is 70.1 Å². The zero-order valence-electron chi connectivity index (χ0n) is 18.4. The van der Waals surface area contributed by atoms with Crippen LogP contribution in [0.25, 0.3) is 11.0 Å². The third-order valence-electron chi connectivity index (χ3n) is 6.46. The Kier molecular flexibility index (Phi) is 5.25. The number of piperidine rings is 1. The number of hydrogen-bond acceptors (Lipinski definition) is 6. The van der Waals surface area contributed by atoms with Crippen molar-refractivity contribution in [1.29, 1.82) is 0 Å². The summed E-state index contributed by atoms with van der Waals surface area (Å²) in [6.07, 6.45) is 2.73.